The van der Waals surface area contributed by atoms with E-state index in [1.807, 2.05) is 0 Å². The van der Waals surface area contributed by atoms with E-state index in [9.17, 15) is 9.59 Å². The summed E-state index contributed by atoms with van der Waals surface area (Å²) in [5.74, 6) is -0.451. The number of hydrogen-bond donors (Lipinski definition) is 2. The number of nitrogens with zero attached hydrogens (tertiary/aromatic N) is 1. The number of carbonyl (C=O) groups excluding carboxylic acids is 2. The van der Waals surface area contributed by atoms with Crippen LogP contribution in [0.2, 0.25) is 0 Å². The van der Waals surface area contributed by atoms with Crippen LogP contribution >= 0.6 is 0 Å². The molecule has 0 radical (unpaired) electrons. The molecule has 0 aliphatic heterocycles. The largest absolute Gasteiger partial charge is 0.449 e. The van der Waals surface area contributed by atoms with Gasteiger partial charge in [-0.2, -0.15) is 5.26 Å². The van der Waals surface area contributed by atoms with Gasteiger partial charge in [0.25, 0.3) is 5.91 Å². The molecule has 0 aromatic heterocycles. The van der Waals surface area contributed by atoms with E-state index in [4.69, 9.17) is 5.26 Å². The number of hydrogen-bond acceptors (Lipinski definition) is 4. The Morgan fingerprint density at radius 2 is 1.94 bits per heavy atom. The third-order valence-corrected chi connectivity index (χ3v) is 2.91. The predicted molar refractivity (Wildman–Crippen MR) is 59.4 cm³/mol. The van der Waals surface area contributed by atoms with Gasteiger partial charge in [0.1, 0.15) is 5.41 Å². The number of nitrogens with one attached hydrogen (secondary N) is 2. The van der Waals surface area contributed by atoms with Crippen molar-refractivity contribution >= 4 is 12.0 Å². The van der Waals surface area contributed by atoms with Crippen LogP contribution in [0.25, 0.3) is 0 Å². The molecular weight excluding hydrogens is 222 g/mol. The van der Waals surface area contributed by atoms with Crippen molar-refractivity contribution in [1.29, 1.82) is 5.26 Å². The van der Waals surface area contributed by atoms with E-state index in [0.29, 0.717) is 12.8 Å². The molecule has 1 saturated carbocycles. The first-order valence-electron chi connectivity index (χ1n) is 5.79. The quantitative estimate of drug-likeness (QED) is 0.709. The van der Waals surface area contributed by atoms with E-state index in [2.05, 4.69) is 21.7 Å². The number of rotatable bonds is 2. The summed E-state index contributed by atoms with van der Waals surface area (Å²) in [6.07, 6.45) is 3.13. The fraction of sp³-hybridized carbons (Fsp3) is 0.727. The molecule has 6 nitrogen and oxygen atoms in total. The molecule has 0 unspecified atom stereocenters. The highest BCUT2D eigenvalue weighted by molar-refractivity contribution is 5.86. The molecule has 1 rings (SSSR count). The lowest BCUT2D eigenvalue weighted by molar-refractivity contribution is -0.130. The summed E-state index contributed by atoms with van der Waals surface area (Å²) in [7, 11) is 0. The van der Waals surface area contributed by atoms with Crippen LogP contribution in [0.15, 0.2) is 0 Å². The molecule has 1 aliphatic carbocycles. The number of ether oxygens (including phenoxy) is 1. The van der Waals surface area contributed by atoms with Crippen LogP contribution in [0.4, 0.5) is 4.79 Å². The minimum atomic E-state index is -1.00. The van der Waals surface area contributed by atoms with Gasteiger partial charge in [-0.25, -0.2) is 10.2 Å². The molecule has 6 heteroatoms. The van der Waals surface area contributed by atoms with Gasteiger partial charge < -0.3 is 4.74 Å². The second-order valence-electron chi connectivity index (χ2n) is 4.05. The molecule has 0 aromatic rings. The van der Waals surface area contributed by atoms with Crippen molar-refractivity contribution < 1.29 is 14.3 Å². The van der Waals surface area contributed by atoms with Crippen LogP contribution < -0.4 is 10.9 Å². The predicted octanol–water partition coefficient (Wildman–Crippen LogP) is 1.24. The standard InChI is InChI=1S/C11H17N3O3/c1-2-17-10(16)14-13-9(15)11(8-12)6-4-3-5-7-11/h2-7H2,1H3,(H,13,15)(H,14,16). The van der Waals surface area contributed by atoms with Crippen LogP contribution in [0, 0.1) is 16.7 Å². The summed E-state index contributed by atoms with van der Waals surface area (Å²) in [4.78, 5) is 22.8. The molecule has 1 fully saturated rings. The Morgan fingerprint density at radius 1 is 1.29 bits per heavy atom. The first-order chi connectivity index (χ1) is 8.14. The summed E-state index contributed by atoms with van der Waals surface area (Å²) in [5.41, 5.74) is 3.37. The van der Waals surface area contributed by atoms with E-state index in [-0.39, 0.29) is 6.61 Å². The fourth-order valence-corrected chi connectivity index (χ4v) is 1.94. The van der Waals surface area contributed by atoms with Crippen molar-refractivity contribution in [3.63, 3.8) is 0 Å². The van der Waals surface area contributed by atoms with E-state index in [0.717, 1.165) is 19.3 Å². The van der Waals surface area contributed by atoms with Crippen LogP contribution in [-0.4, -0.2) is 18.6 Å². The Balaban J connectivity index is 2.50. The van der Waals surface area contributed by atoms with Gasteiger partial charge >= 0.3 is 6.09 Å². The highest BCUT2D eigenvalue weighted by atomic mass is 16.5. The molecule has 2 amide bonds. The zero-order valence-electron chi connectivity index (χ0n) is 9.91. The van der Waals surface area contributed by atoms with Crippen molar-refractivity contribution in [2.24, 2.45) is 5.41 Å². The molecule has 0 aromatic carbocycles. The fourth-order valence-electron chi connectivity index (χ4n) is 1.94. The van der Waals surface area contributed by atoms with E-state index >= 15 is 0 Å². The third-order valence-electron chi connectivity index (χ3n) is 2.91. The summed E-state index contributed by atoms with van der Waals surface area (Å²) in [6.45, 7) is 1.89. The second-order valence-corrected chi connectivity index (χ2v) is 4.05. The summed E-state index contributed by atoms with van der Waals surface area (Å²) >= 11 is 0. The smallest absolute Gasteiger partial charge is 0.426 e. The van der Waals surface area contributed by atoms with E-state index in [1.54, 1.807) is 6.92 Å². The van der Waals surface area contributed by atoms with Gasteiger partial charge in [0.2, 0.25) is 0 Å². The van der Waals surface area contributed by atoms with E-state index in [1.165, 1.54) is 0 Å². The molecule has 0 bridgehead atoms. The van der Waals surface area contributed by atoms with Crippen molar-refractivity contribution in [2.75, 3.05) is 6.61 Å². The first-order valence-corrected chi connectivity index (χ1v) is 5.79. The maximum absolute atomic E-state index is 11.9. The summed E-state index contributed by atoms with van der Waals surface area (Å²) in [5, 5.41) is 9.13. The molecule has 94 valence electrons. The van der Waals surface area contributed by atoms with Crippen LogP contribution in [0.1, 0.15) is 39.0 Å². The van der Waals surface area contributed by atoms with Gasteiger partial charge in [-0.3, -0.25) is 10.2 Å². The Hall–Kier alpha value is -1.77. The van der Waals surface area contributed by atoms with Crippen LogP contribution in [0.5, 0.6) is 0 Å². The van der Waals surface area contributed by atoms with Gasteiger partial charge in [0, 0.05) is 0 Å². The zero-order valence-corrected chi connectivity index (χ0v) is 9.91. The van der Waals surface area contributed by atoms with Gasteiger partial charge in [0.15, 0.2) is 0 Å². The lowest BCUT2D eigenvalue weighted by Crippen LogP contribution is -2.49. The van der Waals surface area contributed by atoms with Crippen molar-refractivity contribution in [3.05, 3.63) is 0 Å². The third kappa shape index (κ3) is 3.34. The average Bonchev–Trinajstić information content (AvgIpc) is 2.37. The Bertz CT molecular complexity index is 329. The van der Waals surface area contributed by atoms with Crippen molar-refractivity contribution in [2.45, 2.75) is 39.0 Å². The summed E-state index contributed by atoms with van der Waals surface area (Å²) in [6, 6.07) is 2.07. The van der Waals surface area contributed by atoms with E-state index < -0.39 is 17.4 Å². The number of amides is 2. The number of carbonyl (C=O) groups is 2. The van der Waals surface area contributed by atoms with Gasteiger partial charge in [0.05, 0.1) is 12.7 Å². The van der Waals surface area contributed by atoms with Crippen LogP contribution in [-0.2, 0) is 9.53 Å². The molecule has 0 atom stereocenters. The maximum Gasteiger partial charge on any atom is 0.426 e. The minimum Gasteiger partial charge on any atom is -0.449 e. The van der Waals surface area contributed by atoms with Crippen LogP contribution in [0.3, 0.4) is 0 Å². The first kappa shape index (κ1) is 13.3. The highest BCUT2D eigenvalue weighted by Crippen LogP contribution is 2.35. The minimum absolute atomic E-state index is 0.227. The average molecular weight is 239 g/mol. The molecule has 17 heavy (non-hydrogen) atoms. The van der Waals surface area contributed by atoms with Gasteiger partial charge in [-0.15, -0.1) is 0 Å². The Morgan fingerprint density at radius 3 is 2.47 bits per heavy atom. The topological polar surface area (TPSA) is 91.2 Å². The van der Waals surface area contributed by atoms with Gasteiger partial charge in [-0.05, 0) is 19.8 Å². The molecule has 0 spiro atoms. The van der Waals surface area contributed by atoms with Crippen molar-refractivity contribution in [1.82, 2.24) is 10.9 Å². The zero-order chi connectivity index (χ0) is 12.7. The number of hydrazine groups is 1. The normalized spacial score (nSPS) is 17.6. The highest BCUT2D eigenvalue weighted by Gasteiger charge is 2.40. The number of nitriles is 1. The molecule has 2 N–H and O–H groups in total. The molecule has 0 heterocycles. The lowest BCUT2D eigenvalue weighted by Gasteiger charge is -2.28. The SMILES string of the molecule is CCOC(=O)NNC(=O)C1(C#N)CCCCC1. The van der Waals surface area contributed by atoms with Gasteiger partial charge in [-0.1, -0.05) is 19.3 Å². The lowest BCUT2D eigenvalue weighted by atomic mass is 9.75. The molecule has 0 saturated heterocycles. The Kier molecular flexibility index (Phi) is 4.76. The molecule has 1 aliphatic rings. The second kappa shape index (κ2) is 6.09. The Labute approximate surface area is 100 Å². The van der Waals surface area contributed by atoms with Crippen molar-refractivity contribution in [3.8, 4) is 6.07 Å². The molecular formula is C11H17N3O3. The monoisotopic (exact) mass is 239 g/mol. The summed E-state index contributed by atoms with van der Waals surface area (Å²) < 4.78 is 4.60. The maximum atomic E-state index is 11.9.